The fraction of sp³-hybridized carbons (Fsp3) is 0.667. The molecule has 0 spiro atoms. The third-order valence-corrected chi connectivity index (χ3v) is 3.90. The molecule has 1 rings (SSSR count). The minimum absolute atomic E-state index is 0.460. The van der Waals surface area contributed by atoms with Crippen LogP contribution >= 0.6 is 0 Å². The van der Waals surface area contributed by atoms with Crippen LogP contribution in [0.3, 0.4) is 0 Å². The number of carboxylic acid groups (broad SMARTS) is 1. The molecule has 12 heteroatoms. The van der Waals surface area contributed by atoms with Crippen LogP contribution in [0.25, 0.3) is 0 Å². The lowest BCUT2D eigenvalue weighted by Crippen LogP contribution is -2.55. The molecule has 0 aromatic rings. The number of primary amides is 1. The number of nitrogens with one attached hydrogen (secondary N) is 4. The maximum absolute atomic E-state index is 12.2. The molecule has 1 fully saturated rings. The van der Waals surface area contributed by atoms with Gasteiger partial charge in [0.05, 0.1) is 25.1 Å². The Balaban J connectivity index is 2.59. The number of nitrogens with two attached hydrogens (primary N) is 1. The maximum Gasteiger partial charge on any atom is 0.328 e. The standard InChI is InChI=1S/C15H25N5O7/c1-7(21)12(15(26)27)20-11(23)6-18-13(24)9(5-10(16)22)19-14(25)8-3-2-4-17-8/h7-9,12,17,21H,2-6H2,1H3,(H2,16,22)(H,18,24)(H,19,25)(H,20,23)(H,26,27)/t7-,8+,9+,12+/m1/s1. The van der Waals surface area contributed by atoms with Crippen molar-refractivity contribution >= 4 is 29.6 Å². The Morgan fingerprint density at radius 3 is 2.37 bits per heavy atom. The molecule has 0 saturated carbocycles. The fourth-order valence-electron chi connectivity index (χ4n) is 2.49. The van der Waals surface area contributed by atoms with Gasteiger partial charge < -0.3 is 37.2 Å². The van der Waals surface area contributed by atoms with Gasteiger partial charge in [-0.25, -0.2) is 4.79 Å². The van der Waals surface area contributed by atoms with Gasteiger partial charge in [0.1, 0.15) is 6.04 Å². The fourth-order valence-corrected chi connectivity index (χ4v) is 2.49. The first-order valence-corrected chi connectivity index (χ1v) is 8.41. The highest BCUT2D eigenvalue weighted by Crippen LogP contribution is 2.05. The Bertz CT molecular complexity index is 589. The minimum Gasteiger partial charge on any atom is -0.480 e. The lowest BCUT2D eigenvalue weighted by molar-refractivity contribution is -0.144. The monoisotopic (exact) mass is 387 g/mol. The molecule has 1 aliphatic rings. The van der Waals surface area contributed by atoms with Gasteiger partial charge in [0, 0.05) is 0 Å². The molecule has 0 aliphatic carbocycles. The molecule has 12 nitrogen and oxygen atoms in total. The summed E-state index contributed by atoms with van der Waals surface area (Å²) in [5.41, 5.74) is 5.09. The summed E-state index contributed by atoms with van der Waals surface area (Å²) in [5.74, 6) is -4.40. The van der Waals surface area contributed by atoms with Crippen LogP contribution in [0, 0.1) is 0 Å². The number of hydrogen-bond acceptors (Lipinski definition) is 7. The van der Waals surface area contributed by atoms with Crippen LogP contribution in [-0.4, -0.2) is 77.1 Å². The normalized spacial score (nSPS) is 19.4. The summed E-state index contributed by atoms with van der Waals surface area (Å²) in [5, 5.41) is 27.8. The zero-order valence-corrected chi connectivity index (χ0v) is 14.9. The van der Waals surface area contributed by atoms with E-state index in [-0.39, 0.29) is 0 Å². The van der Waals surface area contributed by atoms with Crippen molar-refractivity contribution in [3.63, 3.8) is 0 Å². The van der Waals surface area contributed by atoms with Crippen molar-refractivity contribution in [1.29, 1.82) is 0 Å². The molecule has 1 aliphatic heterocycles. The van der Waals surface area contributed by atoms with E-state index in [1.54, 1.807) is 0 Å². The van der Waals surface area contributed by atoms with Gasteiger partial charge in [-0.1, -0.05) is 0 Å². The van der Waals surface area contributed by atoms with E-state index >= 15 is 0 Å². The molecule has 27 heavy (non-hydrogen) atoms. The summed E-state index contributed by atoms with van der Waals surface area (Å²) in [4.78, 5) is 58.1. The van der Waals surface area contributed by atoms with Crippen LogP contribution < -0.4 is 27.0 Å². The van der Waals surface area contributed by atoms with Crippen molar-refractivity contribution in [1.82, 2.24) is 21.3 Å². The Hall–Kier alpha value is -2.73. The summed E-state index contributed by atoms with van der Waals surface area (Å²) in [6.07, 6.45) is -0.409. The quantitative estimate of drug-likeness (QED) is 0.197. The molecule has 8 N–H and O–H groups in total. The highest BCUT2D eigenvalue weighted by Gasteiger charge is 2.29. The number of amides is 4. The van der Waals surface area contributed by atoms with Gasteiger partial charge in [0.2, 0.25) is 23.6 Å². The summed E-state index contributed by atoms with van der Waals surface area (Å²) in [7, 11) is 0. The zero-order chi connectivity index (χ0) is 20.6. The zero-order valence-electron chi connectivity index (χ0n) is 14.9. The molecule has 0 aromatic carbocycles. The van der Waals surface area contributed by atoms with Crippen molar-refractivity contribution in [2.45, 2.75) is 50.4 Å². The number of rotatable bonds is 10. The van der Waals surface area contributed by atoms with Crippen LogP contribution in [0.1, 0.15) is 26.2 Å². The lowest BCUT2D eigenvalue weighted by atomic mass is 10.1. The van der Waals surface area contributed by atoms with E-state index in [0.717, 1.165) is 6.42 Å². The van der Waals surface area contributed by atoms with Gasteiger partial charge in [0.25, 0.3) is 0 Å². The van der Waals surface area contributed by atoms with E-state index in [1.807, 2.05) is 5.32 Å². The number of carbonyl (C=O) groups excluding carboxylic acids is 4. The number of carboxylic acids is 1. The van der Waals surface area contributed by atoms with Crippen molar-refractivity contribution in [3.05, 3.63) is 0 Å². The van der Waals surface area contributed by atoms with Crippen molar-refractivity contribution < 1.29 is 34.2 Å². The molecule has 0 radical (unpaired) electrons. The Labute approximate surface area is 155 Å². The first-order valence-electron chi connectivity index (χ1n) is 8.41. The van der Waals surface area contributed by atoms with Crippen LogP contribution in [0.2, 0.25) is 0 Å². The van der Waals surface area contributed by atoms with Crippen molar-refractivity contribution in [2.24, 2.45) is 5.73 Å². The third-order valence-electron chi connectivity index (χ3n) is 3.90. The van der Waals surface area contributed by atoms with Gasteiger partial charge >= 0.3 is 5.97 Å². The second kappa shape index (κ2) is 10.4. The molecule has 0 unspecified atom stereocenters. The second-order valence-electron chi connectivity index (χ2n) is 6.22. The third kappa shape index (κ3) is 7.58. The van der Waals surface area contributed by atoms with E-state index in [0.29, 0.717) is 13.0 Å². The maximum atomic E-state index is 12.2. The van der Waals surface area contributed by atoms with Crippen molar-refractivity contribution in [2.75, 3.05) is 13.1 Å². The van der Waals surface area contributed by atoms with Crippen LogP contribution in [0.4, 0.5) is 0 Å². The minimum atomic E-state index is -1.54. The molecule has 4 atom stereocenters. The first kappa shape index (κ1) is 22.3. The largest absolute Gasteiger partial charge is 0.480 e. The number of aliphatic hydroxyl groups excluding tert-OH is 1. The SMILES string of the molecule is C[C@@H](O)[C@H](NC(=O)CNC(=O)[C@H](CC(N)=O)NC(=O)[C@@H]1CCCN1)C(=O)O. The van der Waals surface area contributed by atoms with Crippen LogP contribution in [0.5, 0.6) is 0 Å². The molecule has 1 heterocycles. The summed E-state index contributed by atoms with van der Waals surface area (Å²) in [6.45, 7) is 1.24. The Kier molecular flexibility index (Phi) is 8.62. The summed E-state index contributed by atoms with van der Waals surface area (Å²) in [6, 6.07) is -3.28. The average Bonchev–Trinajstić information content (AvgIpc) is 3.10. The smallest absolute Gasteiger partial charge is 0.328 e. The summed E-state index contributed by atoms with van der Waals surface area (Å²) >= 11 is 0. The topological polar surface area (TPSA) is 200 Å². The van der Waals surface area contributed by atoms with E-state index in [9.17, 15) is 29.1 Å². The van der Waals surface area contributed by atoms with Crippen LogP contribution in [0.15, 0.2) is 0 Å². The summed E-state index contributed by atoms with van der Waals surface area (Å²) < 4.78 is 0. The highest BCUT2D eigenvalue weighted by molar-refractivity contribution is 5.95. The first-order chi connectivity index (χ1) is 12.6. The predicted molar refractivity (Wildman–Crippen MR) is 91.0 cm³/mol. The number of aliphatic hydroxyl groups is 1. The lowest BCUT2D eigenvalue weighted by Gasteiger charge is -2.20. The van der Waals surface area contributed by atoms with Gasteiger partial charge in [0.15, 0.2) is 6.04 Å². The predicted octanol–water partition coefficient (Wildman–Crippen LogP) is -3.83. The molecular formula is C15H25N5O7. The van der Waals surface area contributed by atoms with E-state index in [2.05, 4.69) is 16.0 Å². The van der Waals surface area contributed by atoms with E-state index in [1.165, 1.54) is 6.92 Å². The molecule has 1 saturated heterocycles. The second-order valence-corrected chi connectivity index (χ2v) is 6.22. The Morgan fingerprint density at radius 1 is 1.22 bits per heavy atom. The highest BCUT2D eigenvalue weighted by atomic mass is 16.4. The van der Waals surface area contributed by atoms with E-state index in [4.69, 9.17) is 10.8 Å². The van der Waals surface area contributed by atoms with Gasteiger partial charge in [-0.15, -0.1) is 0 Å². The van der Waals surface area contributed by atoms with Gasteiger partial charge in [-0.2, -0.15) is 0 Å². The molecular weight excluding hydrogens is 362 g/mol. The molecule has 4 amide bonds. The van der Waals surface area contributed by atoms with Crippen molar-refractivity contribution in [3.8, 4) is 0 Å². The van der Waals surface area contributed by atoms with Gasteiger partial charge in [-0.05, 0) is 26.3 Å². The molecule has 0 aromatic heterocycles. The molecule has 0 bridgehead atoms. The van der Waals surface area contributed by atoms with Gasteiger partial charge in [-0.3, -0.25) is 19.2 Å². The van der Waals surface area contributed by atoms with E-state index < -0.39 is 66.8 Å². The average molecular weight is 387 g/mol. The number of carbonyl (C=O) groups is 5. The van der Waals surface area contributed by atoms with Crippen LogP contribution in [-0.2, 0) is 24.0 Å². The number of hydrogen-bond donors (Lipinski definition) is 7. The molecule has 152 valence electrons. The number of aliphatic carboxylic acids is 1. The Morgan fingerprint density at radius 2 is 1.89 bits per heavy atom.